The van der Waals surface area contributed by atoms with E-state index in [-0.39, 0.29) is 23.0 Å². The Kier molecular flexibility index (Phi) is 7.71. The Morgan fingerprint density at radius 2 is 1.91 bits per heavy atom. The van der Waals surface area contributed by atoms with E-state index in [2.05, 4.69) is 21.2 Å². The van der Waals surface area contributed by atoms with Crippen molar-refractivity contribution >= 4 is 62.5 Å². The molecular formula is C21H16BrFN2O7S. The van der Waals surface area contributed by atoms with Gasteiger partial charge in [-0.2, -0.15) is 0 Å². The molecule has 1 fully saturated rings. The summed E-state index contributed by atoms with van der Waals surface area (Å²) < 4.78 is 24.3. The zero-order valence-corrected chi connectivity index (χ0v) is 19.4. The first kappa shape index (κ1) is 24.3. The molecule has 1 heterocycles. The van der Waals surface area contributed by atoms with Gasteiger partial charge in [0.1, 0.15) is 12.4 Å². The van der Waals surface area contributed by atoms with Gasteiger partial charge in [0, 0.05) is 10.2 Å². The molecule has 12 heteroatoms. The van der Waals surface area contributed by atoms with Crippen LogP contribution in [0.5, 0.6) is 11.5 Å². The van der Waals surface area contributed by atoms with Gasteiger partial charge in [0.15, 0.2) is 18.1 Å². The highest BCUT2D eigenvalue weighted by atomic mass is 79.9. The molecule has 33 heavy (non-hydrogen) atoms. The number of benzene rings is 2. The van der Waals surface area contributed by atoms with Crippen LogP contribution in [0.4, 0.5) is 14.9 Å². The van der Waals surface area contributed by atoms with Crippen molar-refractivity contribution in [1.29, 1.82) is 0 Å². The first-order valence-electron chi connectivity index (χ1n) is 9.21. The second-order valence-electron chi connectivity index (χ2n) is 6.53. The summed E-state index contributed by atoms with van der Waals surface area (Å²) in [6, 6.07) is 8.31. The molecule has 0 spiro atoms. The Bertz CT molecular complexity index is 1150. The van der Waals surface area contributed by atoms with Gasteiger partial charge in [-0.15, -0.1) is 0 Å². The fourth-order valence-corrected chi connectivity index (χ4v) is 3.99. The first-order valence-corrected chi connectivity index (χ1v) is 10.8. The third kappa shape index (κ3) is 6.11. The summed E-state index contributed by atoms with van der Waals surface area (Å²) in [5.41, 5.74) is 0.876. The Labute approximate surface area is 199 Å². The van der Waals surface area contributed by atoms with Crippen molar-refractivity contribution in [3.63, 3.8) is 0 Å². The van der Waals surface area contributed by atoms with Crippen molar-refractivity contribution in [3.8, 4) is 11.5 Å². The summed E-state index contributed by atoms with van der Waals surface area (Å²) in [4.78, 5) is 47.9. The number of methoxy groups -OCH3 is 1. The SMILES string of the molecule is COc1cc(/C=C2/SC(=O)N(CC(=O)O)C2=O)c(Br)cc1OCC(=O)Nc1ccc(F)cc1. The van der Waals surface area contributed by atoms with Crippen molar-refractivity contribution in [2.24, 2.45) is 0 Å². The molecule has 2 aromatic carbocycles. The summed E-state index contributed by atoms with van der Waals surface area (Å²) in [6.07, 6.45) is 1.42. The number of halogens is 2. The third-order valence-corrected chi connectivity index (χ3v) is 5.82. The van der Waals surface area contributed by atoms with Crippen molar-refractivity contribution in [1.82, 2.24) is 4.90 Å². The van der Waals surface area contributed by atoms with Gasteiger partial charge in [0.2, 0.25) is 0 Å². The average Bonchev–Trinajstić information content (AvgIpc) is 3.02. The van der Waals surface area contributed by atoms with Crippen LogP contribution in [0.25, 0.3) is 6.08 Å². The Balaban J connectivity index is 1.73. The van der Waals surface area contributed by atoms with Crippen molar-refractivity contribution in [2.75, 3.05) is 25.6 Å². The molecule has 0 aliphatic carbocycles. The zero-order valence-electron chi connectivity index (χ0n) is 17.0. The summed E-state index contributed by atoms with van der Waals surface area (Å²) in [6.45, 7) is -1.08. The molecule has 2 aromatic rings. The molecule has 9 nitrogen and oxygen atoms in total. The number of hydrogen-bond acceptors (Lipinski definition) is 7. The Hall–Kier alpha value is -3.38. The summed E-state index contributed by atoms with van der Waals surface area (Å²) >= 11 is 3.97. The monoisotopic (exact) mass is 538 g/mol. The number of carboxylic acid groups (broad SMARTS) is 1. The van der Waals surface area contributed by atoms with E-state index in [1.54, 1.807) is 0 Å². The van der Waals surface area contributed by atoms with Crippen LogP contribution in [0.3, 0.4) is 0 Å². The average molecular weight is 539 g/mol. The molecule has 0 unspecified atom stereocenters. The minimum atomic E-state index is -1.30. The normalized spacial score (nSPS) is 14.5. The lowest BCUT2D eigenvalue weighted by Gasteiger charge is -2.13. The van der Waals surface area contributed by atoms with E-state index in [4.69, 9.17) is 14.6 Å². The van der Waals surface area contributed by atoms with Crippen LogP contribution in [-0.2, 0) is 14.4 Å². The van der Waals surface area contributed by atoms with Gasteiger partial charge in [-0.3, -0.25) is 24.1 Å². The predicted molar refractivity (Wildman–Crippen MR) is 122 cm³/mol. The molecule has 1 aliphatic rings. The highest BCUT2D eigenvalue weighted by molar-refractivity contribution is 9.10. The van der Waals surface area contributed by atoms with E-state index >= 15 is 0 Å². The van der Waals surface area contributed by atoms with Gasteiger partial charge in [0.25, 0.3) is 17.1 Å². The van der Waals surface area contributed by atoms with Gasteiger partial charge in [-0.05, 0) is 59.8 Å². The largest absolute Gasteiger partial charge is 0.493 e. The van der Waals surface area contributed by atoms with Gasteiger partial charge < -0.3 is 19.9 Å². The van der Waals surface area contributed by atoms with E-state index in [9.17, 15) is 23.6 Å². The molecule has 0 atom stereocenters. The lowest BCUT2D eigenvalue weighted by Crippen LogP contribution is -2.33. The lowest BCUT2D eigenvalue weighted by atomic mass is 10.2. The highest BCUT2D eigenvalue weighted by Crippen LogP contribution is 2.38. The van der Waals surface area contributed by atoms with Crippen LogP contribution in [0.15, 0.2) is 45.8 Å². The van der Waals surface area contributed by atoms with E-state index in [0.29, 0.717) is 32.4 Å². The highest BCUT2D eigenvalue weighted by Gasteiger charge is 2.36. The molecule has 0 radical (unpaired) electrons. The van der Waals surface area contributed by atoms with Crippen LogP contribution in [-0.4, -0.2) is 53.3 Å². The summed E-state index contributed by atoms with van der Waals surface area (Å²) in [5, 5.41) is 10.7. The molecule has 1 aliphatic heterocycles. The summed E-state index contributed by atoms with van der Waals surface area (Å²) in [5.74, 6) is -2.43. The van der Waals surface area contributed by atoms with Gasteiger partial charge in [-0.1, -0.05) is 15.9 Å². The lowest BCUT2D eigenvalue weighted by molar-refractivity contribution is -0.140. The number of carbonyl (C=O) groups is 4. The number of carboxylic acids is 1. The molecule has 3 amide bonds. The number of hydrogen-bond donors (Lipinski definition) is 2. The van der Waals surface area contributed by atoms with E-state index in [0.717, 1.165) is 0 Å². The molecule has 0 aromatic heterocycles. The smallest absolute Gasteiger partial charge is 0.323 e. The minimum Gasteiger partial charge on any atom is -0.493 e. The molecule has 0 bridgehead atoms. The fraction of sp³-hybridized carbons (Fsp3) is 0.143. The van der Waals surface area contributed by atoms with E-state index in [1.165, 1.54) is 49.6 Å². The maximum absolute atomic E-state index is 13.0. The molecule has 2 N–H and O–H groups in total. The van der Waals surface area contributed by atoms with Crippen LogP contribution in [0.2, 0.25) is 0 Å². The van der Waals surface area contributed by atoms with Crippen LogP contribution < -0.4 is 14.8 Å². The van der Waals surface area contributed by atoms with E-state index < -0.39 is 35.4 Å². The standard InChI is InChI=1S/C21H16BrFN2O7S/c1-31-15-6-11(7-17-20(29)25(9-19(27)28)21(30)33-17)14(22)8-16(15)32-10-18(26)24-13-4-2-12(23)3-5-13/h2-8H,9-10H2,1H3,(H,24,26)(H,27,28)/b17-7+. The number of ether oxygens (including phenoxy) is 2. The third-order valence-electron chi connectivity index (χ3n) is 4.22. The molecule has 0 saturated carbocycles. The molecule has 1 saturated heterocycles. The second kappa shape index (κ2) is 10.5. The van der Waals surface area contributed by atoms with E-state index in [1.807, 2.05) is 0 Å². The number of imide groups is 1. The van der Waals surface area contributed by atoms with Crippen molar-refractivity contribution < 1.29 is 38.1 Å². The van der Waals surface area contributed by atoms with Gasteiger partial charge in [0.05, 0.1) is 12.0 Å². The van der Waals surface area contributed by atoms with Crippen molar-refractivity contribution in [2.45, 2.75) is 0 Å². The van der Waals surface area contributed by atoms with Crippen LogP contribution in [0, 0.1) is 5.82 Å². The quantitative estimate of drug-likeness (QED) is 0.487. The number of thioether (sulfide) groups is 1. The number of aliphatic carboxylic acids is 1. The number of carbonyl (C=O) groups excluding carboxylic acids is 3. The molecule has 172 valence electrons. The minimum absolute atomic E-state index is 0.0522. The topological polar surface area (TPSA) is 122 Å². The number of nitrogens with one attached hydrogen (secondary N) is 1. The maximum atomic E-state index is 13.0. The Morgan fingerprint density at radius 1 is 1.21 bits per heavy atom. The molecule has 3 rings (SSSR count). The zero-order chi connectivity index (χ0) is 24.1. The first-order chi connectivity index (χ1) is 15.7. The van der Waals surface area contributed by atoms with Crippen LogP contribution in [0.1, 0.15) is 5.56 Å². The van der Waals surface area contributed by atoms with Crippen molar-refractivity contribution in [3.05, 3.63) is 57.2 Å². The number of anilines is 1. The van der Waals surface area contributed by atoms with Gasteiger partial charge >= 0.3 is 5.97 Å². The summed E-state index contributed by atoms with van der Waals surface area (Å²) in [7, 11) is 1.39. The second-order valence-corrected chi connectivity index (χ2v) is 8.38. The number of amides is 3. The Morgan fingerprint density at radius 3 is 2.55 bits per heavy atom. The fourth-order valence-electron chi connectivity index (χ4n) is 2.72. The maximum Gasteiger partial charge on any atom is 0.323 e. The predicted octanol–water partition coefficient (Wildman–Crippen LogP) is 3.74. The molecular weight excluding hydrogens is 523 g/mol. The van der Waals surface area contributed by atoms with Gasteiger partial charge in [-0.25, -0.2) is 4.39 Å². The number of rotatable bonds is 8. The van der Waals surface area contributed by atoms with Crippen LogP contribution >= 0.6 is 27.7 Å². The number of nitrogens with zero attached hydrogens (tertiary/aromatic N) is 1.